The predicted octanol–water partition coefficient (Wildman–Crippen LogP) is 4.23. The Balaban J connectivity index is 1.53. The number of imidazole rings is 2. The van der Waals surface area contributed by atoms with Gasteiger partial charge in [0.05, 0.1) is 11.0 Å². The molecule has 2 aromatic heterocycles. The number of anilines is 1. The molecule has 0 unspecified atom stereocenters. The van der Waals surface area contributed by atoms with Crippen LogP contribution in [0.15, 0.2) is 54.9 Å². The van der Waals surface area contributed by atoms with Gasteiger partial charge in [0, 0.05) is 48.7 Å². The lowest BCUT2D eigenvalue weighted by Gasteiger charge is -2.06. The summed E-state index contributed by atoms with van der Waals surface area (Å²) in [7, 11) is 2.01. The number of halogens is 1. The molecule has 2 heterocycles. The van der Waals surface area contributed by atoms with Crippen LogP contribution < -0.4 is 5.32 Å². The van der Waals surface area contributed by atoms with Crippen molar-refractivity contribution in [3.05, 3.63) is 77.1 Å². The lowest BCUT2D eigenvalue weighted by Crippen LogP contribution is -2.11. The first-order chi connectivity index (χ1) is 13.5. The van der Waals surface area contributed by atoms with Gasteiger partial charge < -0.3 is 14.5 Å². The Morgan fingerprint density at radius 3 is 2.68 bits per heavy atom. The molecule has 2 aromatic carbocycles. The predicted molar refractivity (Wildman–Crippen MR) is 111 cm³/mol. The van der Waals surface area contributed by atoms with Gasteiger partial charge in [-0.3, -0.25) is 4.79 Å². The smallest absolute Gasteiger partial charge is 0.255 e. The minimum absolute atomic E-state index is 0.178. The molecule has 0 aliphatic carbocycles. The second-order valence-corrected chi connectivity index (χ2v) is 7.11. The van der Waals surface area contributed by atoms with E-state index in [1.165, 1.54) is 0 Å². The molecule has 1 N–H and O–H groups in total. The molecule has 0 radical (unpaired) electrons. The number of amides is 1. The first-order valence-corrected chi connectivity index (χ1v) is 9.39. The highest BCUT2D eigenvalue weighted by atomic mass is 35.5. The van der Waals surface area contributed by atoms with Crippen LogP contribution in [-0.2, 0) is 20.0 Å². The van der Waals surface area contributed by atoms with E-state index in [1.807, 2.05) is 38.4 Å². The van der Waals surface area contributed by atoms with E-state index in [-0.39, 0.29) is 5.91 Å². The van der Waals surface area contributed by atoms with Gasteiger partial charge in [0.15, 0.2) is 0 Å². The van der Waals surface area contributed by atoms with Crippen molar-refractivity contribution in [2.45, 2.75) is 19.9 Å². The molecule has 0 spiro atoms. The molecule has 7 heteroatoms. The number of hydrogen-bond acceptors (Lipinski definition) is 3. The van der Waals surface area contributed by atoms with Gasteiger partial charge in [-0.1, -0.05) is 11.6 Å². The summed E-state index contributed by atoms with van der Waals surface area (Å²) in [6.07, 6.45) is 4.58. The molecule has 0 aliphatic heterocycles. The maximum Gasteiger partial charge on any atom is 0.255 e. The molecule has 1 amide bonds. The largest absolute Gasteiger partial charge is 0.335 e. The molecular formula is C21H20ClN5O. The molecule has 0 atom stereocenters. The van der Waals surface area contributed by atoms with Crippen molar-refractivity contribution in [3.63, 3.8) is 0 Å². The molecule has 0 aliphatic rings. The third kappa shape index (κ3) is 3.64. The lowest BCUT2D eigenvalue weighted by molar-refractivity contribution is 0.102. The highest BCUT2D eigenvalue weighted by molar-refractivity contribution is 6.30. The SMILES string of the molecule is Cc1nccn1CCc1nc2cc(NC(=O)c3ccc(Cl)cc3)ccc2n1C. The van der Waals surface area contributed by atoms with Crippen LogP contribution in [0.25, 0.3) is 11.0 Å². The summed E-state index contributed by atoms with van der Waals surface area (Å²) < 4.78 is 4.20. The number of aryl methyl sites for hydroxylation is 4. The Kier molecular flexibility index (Phi) is 4.88. The third-order valence-electron chi connectivity index (χ3n) is 4.84. The van der Waals surface area contributed by atoms with Crippen LogP contribution in [-0.4, -0.2) is 25.0 Å². The molecular weight excluding hydrogens is 374 g/mol. The summed E-state index contributed by atoms with van der Waals surface area (Å²) in [6, 6.07) is 12.6. The van der Waals surface area contributed by atoms with Gasteiger partial charge in [0.2, 0.25) is 0 Å². The lowest BCUT2D eigenvalue weighted by atomic mass is 10.2. The van der Waals surface area contributed by atoms with Gasteiger partial charge >= 0.3 is 0 Å². The summed E-state index contributed by atoms with van der Waals surface area (Å²) in [6.45, 7) is 2.81. The highest BCUT2D eigenvalue weighted by Gasteiger charge is 2.11. The molecule has 6 nitrogen and oxygen atoms in total. The molecule has 142 valence electrons. The number of benzene rings is 2. The van der Waals surface area contributed by atoms with Crippen LogP contribution in [0.2, 0.25) is 5.02 Å². The van der Waals surface area contributed by atoms with Crippen LogP contribution >= 0.6 is 11.6 Å². The zero-order chi connectivity index (χ0) is 19.7. The summed E-state index contributed by atoms with van der Waals surface area (Å²) in [4.78, 5) is 21.4. The minimum Gasteiger partial charge on any atom is -0.335 e. The zero-order valence-electron chi connectivity index (χ0n) is 15.7. The van der Waals surface area contributed by atoms with Crippen molar-refractivity contribution in [3.8, 4) is 0 Å². The van der Waals surface area contributed by atoms with E-state index >= 15 is 0 Å². The summed E-state index contributed by atoms with van der Waals surface area (Å²) in [5, 5.41) is 3.52. The number of nitrogens with one attached hydrogen (secondary N) is 1. The fourth-order valence-corrected chi connectivity index (χ4v) is 3.34. The van der Waals surface area contributed by atoms with Gasteiger partial charge in [-0.05, 0) is 49.4 Å². The van der Waals surface area contributed by atoms with E-state index in [0.29, 0.717) is 16.3 Å². The van der Waals surface area contributed by atoms with Gasteiger partial charge in [-0.15, -0.1) is 0 Å². The van der Waals surface area contributed by atoms with Crippen molar-refractivity contribution in [2.75, 3.05) is 5.32 Å². The Morgan fingerprint density at radius 1 is 1.18 bits per heavy atom. The average Bonchev–Trinajstić information content (AvgIpc) is 3.23. The number of carbonyl (C=O) groups excluding carboxylic acids is 1. The van der Waals surface area contributed by atoms with E-state index in [2.05, 4.69) is 19.4 Å². The van der Waals surface area contributed by atoms with Crippen LogP contribution in [0.4, 0.5) is 5.69 Å². The summed E-state index contributed by atoms with van der Waals surface area (Å²) >= 11 is 5.88. The van der Waals surface area contributed by atoms with Gasteiger partial charge in [-0.25, -0.2) is 9.97 Å². The fraction of sp³-hybridized carbons (Fsp3) is 0.190. The number of hydrogen-bond donors (Lipinski definition) is 1. The number of carbonyl (C=O) groups is 1. The Hall–Kier alpha value is -3.12. The molecule has 4 rings (SSSR count). The van der Waals surface area contributed by atoms with Crippen molar-refractivity contribution in [2.24, 2.45) is 7.05 Å². The van der Waals surface area contributed by atoms with Crippen LogP contribution in [0.1, 0.15) is 22.0 Å². The summed E-state index contributed by atoms with van der Waals surface area (Å²) in [5.74, 6) is 1.80. The molecule has 4 aromatic rings. The Bertz CT molecular complexity index is 1140. The quantitative estimate of drug-likeness (QED) is 0.552. The van der Waals surface area contributed by atoms with E-state index in [4.69, 9.17) is 16.6 Å². The highest BCUT2D eigenvalue weighted by Crippen LogP contribution is 2.21. The Labute approximate surface area is 167 Å². The normalized spacial score (nSPS) is 11.1. The van der Waals surface area contributed by atoms with E-state index in [9.17, 15) is 4.79 Å². The molecule has 0 saturated heterocycles. The number of rotatable bonds is 5. The second-order valence-electron chi connectivity index (χ2n) is 6.67. The van der Waals surface area contributed by atoms with Crippen molar-refractivity contribution < 1.29 is 4.79 Å². The monoisotopic (exact) mass is 393 g/mol. The Morgan fingerprint density at radius 2 is 1.96 bits per heavy atom. The standard InChI is InChI=1S/C21H20ClN5O/c1-14-23-10-12-27(14)11-9-20-25-18-13-17(7-8-19(18)26(20)2)24-21(28)15-3-5-16(22)6-4-15/h3-8,10,12-13H,9,11H2,1-2H3,(H,24,28). The maximum absolute atomic E-state index is 12.4. The van der Waals surface area contributed by atoms with E-state index in [0.717, 1.165) is 35.6 Å². The topological polar surface area (TPSA) is 64.7 Å². The average molecular weight is 394 g/mol. The molecule has 0 fully saturated rings. The first-order valence-electron chi connectivity index (χ1n) is 9.01. The van der Waals surface area contributed by atoms with E-state index < -0.39 is 0 Å². The van der Waals surface area contributed by atoms with Gasteiger partial charge in [0.1, 0.15) is 11.6 Å². The van der Waals surface area contributed by atoms with E-state index in [1.54, 1.807) is 30.5 Å². The third-order valence-corrected chi connectivity index (χ3v) is 5.09. The summed E-state index contributed by atoms with van der Waals surface area (Å²) in [5.41, 5.74) is 3.15. The van der Waals surface area contributed by atoms with Crippen LogP contribution in [0.5, 0.6) is 0 Å². The molecule has 28 heavy (non-hydrogen) atoms. The second kappa shape index (κ2) is 7.48. The number of aromatic nitrogens is 4. The van der Waals surface area contributed by atoms with Crippen molar-refractivity contribution in [1.29, 1.82) is 0 Å². The zero-order valence-corrected chi connectivity index (χ0v) is 16.4. The maximum atomic E-state index is 12.4. The molecule has 0 bridgehead atoms. The molecule has 0 saturated carbocycles. The van der Waals surface area contributed by atoms with Gasteiger partial charge in [0.25, 0.3) is 5.91 Å². The first kappa shape index (κ1) is 18.3. The van der Waals surface area contributed by atoms with Crippen molar-refractivity contribution >= 4 is 34.2 Å². The fourth-order valence-electron chi connectivity index (χ4n) is 3.22. The van der Waals surface area contributed by atoms with Crippen LogP contribution in [0.3, 0.4) is 0 Å². The number of fused-ring (bicyclic) bond motifs is 1. The number of nitrogens with zero attached hydrogens (tertiary/aromatic N) is 4. The minimum atomic E-state index is -0.178. The van der Waals surface area contributed by atoms with Crippen molar-refractivity contribution in [1.82, 2.24) is 19.1 Å². The van der Waals surface area contributed by atoms with Crippen LogP contribution in [0, 0.1) is 6.92 Å². The van der Waals surface area contributed by atoms with Gasteiger partial charge in [-0.2, -0.15) is 0 Å².